The van der Waals surface area contributed by atoms with Crippen LogP contribution in [-0.4, -0.2) is 11.0 Å². The Morgan fingerprint density at radius 1 is 1.25 bits per heavy atom. The SMILES string of the molecule is O=C(Cc1cccc(Cl)c1F)C1Cc2ccccc2S1. The Balaban J connectivity index is 1.74. The monoisotopic (exact) mass is 306 g/mol. The van der Waals surface area contributed by atoms with Crippen LogP contribution in [0.4, 0.5) is 4.39 Å². The van der Waals surface area contributed by atoms with Crippen LogP contribution in [0.3, 0.4) is 0 Å². The summed E-state index contributed by atoms with van der Waals surface area (Å²) in [7, 11) is 0. The van der Waals surface area contributed by atoms with Gasteiger partial charge in [-0.15, -0.1) is 11.8 Å². The van der Waals surface area contributed by atoms with Gasteiger partial charge in [0.2, 0.25) is 0 Å². The molecule has 0 spiro atoms. The number of carbonyl (C=O) groups is 1. The molecule has 1 aliphatic rings. The van der Waals surface area contributed by atoms with Crippen LogP contribution in [0, 0.1) is 5.82 Å². The Kier molecular flexibility index (Phi) is 3.81. The minimum Gasteiger partial charge on any atom is -0.298 e. The number of hydrogen-bond donors (Lipinski definition) is 0. The minimum atomic E-state index is -0.483. The summed E-state index contributed by atoms with van der Waals surface area (Å²) in [5.74, 6) is -0.435. The van der Waals surface area contributed by atoms with Gasteiger partial charge in [-0.25, -0.2) is 4.39 Å². The Hall–Kier alpha value is -1.32. The maximum atomic E-state index is 13.8. The lowest BCUT2D eigenvalue weighted by atomic mass is 10.0. The zero-order chi connectivity index (χ0) is 14.1. The fourth-order valence-electron chi connectivity index (χ4n) is 2.35. The zero-order valence-electron chi connectivity index (χ0n) is 10.6. The normalized spacial score (nSPS) is 17.0. The molecule has 0 N–H and O–H groups in total. The molecule has 0 aromatic heterocycles. The van der Waals surface area contributed by atoms with E-state index in [-0.39, 0.29) is 22.5 Å². The van der Waals surface area contributed by atoms with Crippen LogP contribution >= 0.6 is 23.4 Å². The Morgan fingerprint density at radius 3 is 2.85 bits per heavy atom. The van der Waals surface area contributed by atoms with Gasteiger partial charge in [-0.2, -0.15) is 0 Å². The molecule has 20 heavy (non-hydrogen) atoms. The molecule has 1 heterocycles. The molecule has 3 rings (SSSR count). The molecule has 1 aliphatic heterocycles. The van der Waals surface area contributed by atoms with E-state index in [0.717, 1.165) is 11.3 Å². The fourth-order valence-corrected chi connectivity index (χ4v) is 3.79. The molecule has 2 aromatic rings. The van der Waals surface area contributed by atoms with Crippen LogP contribution in [-0.2, 0) is 17.6 Å². The van der Waals surface area contributed by atoms with E-state index in [1.807, 2.05) is 24.3 Å². The number of halogens is 2. The van der Waals surface area contributed by atoms with Crippen LogP contribution in [0.25, 0.3) is 0 Å². The average molecular weight is 307 g/mol. The molecular weight excluding hydrogens is 295 g/mol. The largest absolute Gasteiger partial charge is 0.298 e. The first kappa shape index (κ1) is 13.7. The van der Waals surface area contributed by atoms with E-state index >= 15 is 0 Å². The molecule has 1 atom stereocenters. The predicted molar refractivity (Wildman–Crippen MR) is 79.9 cm³/mol. The van der Waals surface area contributed by atoms with Crippen LogP contribution in [0.2, 0.25) is 5.02 Å². The summed E-state index contributed by atoms with van der Waals surface area (Å²) in [6.07, 6.45) is 0.819. The predicted octanol–water partition coefficient (Wildman–Crippen LogP) is 4.31. The molecule has 0 radical (unpaired) electrons. The van der Waals surface area contributed by atoms with Crippen molar-refractivity contribution in [1.29, 1.82) is 0 Å². The first-order valence-electron chi connectivity index (χ1n) is 6.35. The zero-order valence-corrected chi connectivity index (χ0v) is 12.2. The second kappa shape index (κ2) is 5.58. The highest BCUT2D eigenvalue weighted by Gasteiger charge is 2.28. The Bertz CT molecular complexity index is 646. The second-order valence-corrected chi connectivity index (χ2v) is 6.43. The van der Waals surface area contributed by atoms with Crippen LogP contribution in [0.1, 0.15) is 11.1 Å². The van der Waals surface area contributed by atoms with Crippen molar-refractivity contribution in [2.24, 2.45) is 0 Å². The molecule has 4 heteroatoms. The van der Waals surface area contributed by atoms with E-state index in [2.05, 4.69) is 0 Å². The van der Waals surface area contributed by atoms with Crippen LogP contribution in [0.5, 0.6) is 0 Å². The van der Waals surface area contributed by atoms with Crippen molar-refractivity contribution < 1.29 is 9.18 Å². The van der Waals surface area contributed by atoms with E-state index in [1.165, 1.54) is 11.6 Å². The number of rotatable bonds is 3. The first-order chi connectivity index (χ1) is 9.65. The van der Waals surface area contributed by atoms with E-state index < -0.39 is 5.82 Å². The summed E-state index contributed by atoms with van der Waals surface area (Å²) >= 11 is 7.31. The van der Waals surface area contributed by atoms with Gasteiger partial charge in [-0.1, -0.05) is 41.9 Å². The quantitative estimate of drug-likeness (QED) is 0.840. The van der Waals surface area contributed by atoms with Crippen molar-refractivity contribution in [2.75, 3.05) is 0 Å². The Morgan fingerprint density at radius 2 is 2.05 bits per heavy atom. The van der Waals surface area contributed by atoms with Crippen LogP contribution < -0.4 is 0 Å². The van der Waals surface area contributed by atoms with Crippen molar-refractivity contribution in [1.82, 2.24) is 0 Å². The summed E-state index contributed by atoms with van der Waals surface area (Å²) < 4.78 is 13.8. The van der Waals surface area contributed by atoms with E-state index in [9.17, 15) is 9.18 Å². The van der Waals surface area contributed by atoms with Crippen molar-refractivity contribution in [2.45, 2.75) is 23.0 Å². The third-order valence-corrected chi connectivity index (χ3v) is 5.06. The number of thioether (sulfide) groups is 1. The lowest BCUT2D eigenvalue weighted by Gasteiger charge is -2.08. The van der Waals surface area contributed by atoms with Crippen molar-refractivity contribution >= 4 is 29.1 Å². The van der Waals surface area contributed by atoms with Gasteiger partial charge < -0.3 is 0 Å². The molecule has 1 nitrogen and oxygen atoms in total. The molecule has 1 unspecified atom stereocenters. The summed E-state index contributed by atoms with van der Waals surface area (Å²) in [5, 5.41) is -0.0524. The van der Waals surface area contributed by atoms with Gasteiger partial charge in [0.1, 0.15) is 5.82 Å². The molecule has 0 amide bonds. The van der Waals surface area contributed by atoms with Gasteiger partial charge in [0.05, 0.1) is 10.3 Å². The van der Waals surface area contributed by atoms with Gasteiger partial charge in [0.15, 0.2) is 5.78 Å². The number of benzene rings is 2. The number of fused-ring (bicyclic) bond motifs is 1. The minimum absolute atomic E-state index is 0.0485. The third kappa shape index (κ3) is 2.60. The summed E-state index contributed by atoms with van der Waals surface area (Å²) in [6, 6.07) is 12.8. The molecule has 0 bridgehead atoms. The maximum Gasteiger partial charge on any atom is 0.150 e. The first-order valence-corrected chi connectivity index (χ1v) is 7.61. The standard InChI is InChI=1S/C16H12ClFOS/c17-12-6-3-5-11(16(12)18)8-13(19)15-9-10-4-1-2-7-14(10)20-15/h1-7,15H,8-9H2. The highest BCUT2D eigenvalue weighted by Crippen LogP contribution is 2.37. The van der Waals surface area contributed by atoms with Gasteiger partial charge in [0.25, 0.3) is 0 Å². The number of hydrogen-bond acceptors (Lipinski definition) is 2. The second-order valence-electron chi connectivity index (χ2n) is 4.77. The average Bonchev–Trinajstić information content (AvgIpc) is 2.88. The highest BCUT2D eigenvalue weighted by molar-refractivity contribution is 8.01. The molecule has 102 valence electrons. The van der Waals surface area contributed by atoms with E-state index in [0.29, 0.717) is 5.56 Å². The van der Waals surface area contributed by atoms with Crippen molar-refractivity contribution in [3.63, 3.8) is 0 Å². The summed E-state index contributed by atoms with van der Waals surface area (Å²) in [5.41, 5.74) is 1.57. The fraction of sp³-hybridized carbons (Fsp3) is 0.188. The molecule has 2 aromatic carbocycles. The third-order valence-electron chi connectivity index (χ3n) is 3.40. The number of Topliss-reactive ketones (excluding diaryl/α,β-unsaturated/α-hetero) is 1. The number of ketones is 1. The molecule has 0 saturated heterocycles. The van der Waals surface area contributed by atoms with Gasteiger partial charge in [-0.05, 0) is 29.7 Å². The molecule has 0 aliphatic carbocycles. The molecule has 0 saturated carbocycles. The van der Waals surface area contributed by atoms with E-state index in [1.54, 1.807) is 23.9 Å². The lowest BCUT2D eigenvalue weighted by molar-refractivity contribution is -0.117. The smallest absolute Gasteiger partial charge is 0.150 e. The Labute approximate surface area is 126 Å². The molecular formula is C16H12ClFOS. The van der Waals surface area contributed by atoms with Gasteiger partial charge in [-0.3, -0.25) is 4.79 Å². The van der Waals surface area contributed by atoms with Crippen molar-refractivity contribution in [3.8, 4) is 0 Å². The molecule has 0 fully saturated rings. The topological polar surface area (TPSA) is 17.1 Å². The van der Waals surface area contributed by atoms with Crippen molar-refractivity contribution in [3.05, 3.63) is 64.4 Å². The highest BCUT2D eigenvalue weighted by atomic mass is 35.5. The van der Waals surface area contributed by atoms with E-state index in [4.69, 9.17) is 11.6 Å². The summed E-state index contributed by atoms with van der Waals surface area (Å²) in [4.78, 5) is 13.5. The number of carbonyl (C=O) groups excluding carboxylic acids is 1. The summed E-state index contributed by atoms with van der Waals surface area (Å²) in [6.45, 7) is 0. The maximum absolute atomic E-state index is 13.8. The van der Waals surface area contributed by atoms with Crippen LogP contribution in [0.15, 0.2) is 47.4 Å². The van der Waals surface area contributed by atoms with Gasteiger partial charge >= 0.3 is 0 Å². The van der Waals surface area contributed by atoms with Gasteiger partial charge in [0, 0.05) is 11.3 Å². The lowest BCUT2D eigenvalue weighted by Crippen LogP contribution is -2.19.